The van der Waals surface area contributed by atoms with Crippen LogP contribution in [-0.4, -0.2) is 45.7 Å². The number of nitrogens with two attached hydrogens (primary N) is 1. The number of nitrogens with zero attached hydrogens (tertiary/aromatic N) is 1. The first-order chi connectivity index (χ1) is 9.67. The van der Waals surface area contributed by atoms with Gasteiger partial charge in [-0.15, -0.1) is 0 Å². The molecule has 21 heavy (non-hydrogen) atoms. The molecule has 9 heteroatoms. The first-order valence-electron chi connectivity index (χ1n) is 6.34. The molecule has 118 valence electrons. The van der Waals surface area contributed by atoms with Gasteiger partial charge >= 0.3 is 0 Å². The topological polar surface area (TPSA) is 97.5 Å². The Bertz CT molecular complexity index is 747. The average molecular weight is 336 g/mol. The third-order valence-corrected chi connectivity index (χ3v) is 7.29. The van der Waals surface area contributed by atoms with E-state index in [4.69, 9.17) is 5.73 Å². The predicted octanol–water partition coefficient (Wildman–Crippen LogP) is 0.0920. The van der Waals surface area contributed by atoms with E-state index in [1.807, 2.05) is 0 Å². The largest absolute Gasteiger partial charge is 0.326 e. The normalized spacial score (nSPS) is 21.8. The fraction of sp³-hybridized carbons (Fsp3) is 0.500. The van der Waals surface area contributed by atoms with Gasteiger partial charge in [0, 0.05) is 19.6 Å². The molecule has 1 heterocycles. The van der Waals surface area contributed by atoms with Crippen molar-refractivity contribution in [2.24, 2.45) is 5.73 Å². The molecule has 0 bridgehead atoms. The second-order valence-electron chi connectivity index (χ2n) is 5.05. The van der Waals surface area contributed by atoms with Gasteiger partial charge in [0.1, 0.15) is 10.7 Å². The third kappa shape index (κ3) is 3.25. The van der Waals surface area contributed by atoms with E-state index >= 15 is 0 Å². The van der Waals surface area contributed by atoms with Crippen molar-refractivity contribution in [1.82, 2.24) is 4.31 Å². The van der Waals surface area contributed by atoms with Crippen LogP contribution in [0.15, 0.2) is 23.1 Å². The van der Waals surface area contributed by atoms with E-state index in [2.05, 4.69) is 0 Å². The minimum atomic E-state index is -4.10. The Morgan fingerprint density at radius 2 is 2.10 bits per heavy atom. The number of rotatable bonds is 4. The quantitative estimate of drug-likeness (QED) is 0.840. The molecule has 0 aliphatic carbocycles. The van der Waals surface area contributed by atoms with E-state index < -0.39 is 36.6 Å². The van der Waals surface area contributed by atoms with Crippen molar-refractivity contribution < 1.29 is 21.2 Å². The molecule has 0 spiro atoms. The zero-order valence-corrected chi connectivity index (χ0v) is 13.1. The van der Waals surface area contributed by atoms with Crippen LogP contribution >= 0.6 is 0 Å². The first kappa shape index (κ1) is 16.3. The Kier molecular flexibility index (Phi) is 4.39. The highest BCUT2D eigenvalue weighted by Gasteiger charge is 2.37. The molecular weight excluding hydrogens is 319 g/mol. The fourth-order valence-corrected chi connectivity index (χ4v) is 5.65. The zero-order chi connectivity index (χ0) is 15.8. The molecule has 0 radical (unpaired) electrons. The van der Waals surface area contributed by atoms with Gasteiger partial charge in [0.05, 0.1) is 11.5 Å². The number of sulfone groups is 1. The summed E-state index contributed by atoms with van der Waals surface area (Å²) in [5.41, 5.74) is 5.92. The molecular formula is C12H17FN2O4S2. The second-order valence-corrected chi connectivity index (χ2v) is 9.24. The van der Waals surface area contributed by atoms with Crippen molar-refractivity contribution in [3.63, 3.8) is 0 Å². The average Bonchev–Trinajstić information content (AvgIpc) is 2.78. The molecule has 6 nitrogen and oxygen atoms in total. The summed E-state index contributed by atoms with van der Waals surface area (Å²) in [5.74, 6) is -1.16. The van der Waals surface area contributed by atoms with Crippen molar-refractivity contribution in [3.05, 3.63) is 29.6 Å². The van der Waals surface area contributed by atoms with Crippen LogP contribution in [0.4, 0.5) is 4.39 Å². The summed E-state index contributed by atoms with van der Waals surface area (Å²) in [4.78, 5) is -0.475. The standard InChI is InChI=1S/C12H17FN2O4S2/c1-15(10-4-5-20(16,17)8-10)21(18,19)12-6-9(7-14)2-3-11(12)13/h2-3,6,10H,4-5,7-8,14H2,1H3. The summed E-state index contributed by atoms with van der Waals surface area (Å²) in [5, 5.41) is 0. The summed E-state index contributed by atoms with van der Waals surface area (Å²) in [7, 11) is -6.05. The van der Waals surface area contributed by atoms with Gasteiger partial charge in [0.15, 0.2) is 9.84 Å². The van der Waals surface area contributed by atoms with Crippen molar-refractivity contribution in [3.8, 4) is 0 Å². The lowest BCUT2D eigenvalue weighted by Gasteiger charge is -2.23. The van der Waals surface area contributed by atoms with Crippen LogP contribution in [0.5, 0.6) is 0 Å². The minimum absolute atomic E-state index is 0.0527. The van der Waals surface area contributed by atoms with Crippen molar-refractivity contribution in [1.29, 1.82) is 0 Å². The third-order valence-electron chi connectivity index (χ3n) is 3.61. The lowest BCUT2D eigenvalue weighted by Crippen LogP contribution is -2.38. The summed E-state index contributed by atoms with van der Waals surface area (Å²) in [6, 6.07) is 2.98. The van der Waals surface area contributed by atoms with Crippen LogP contribution < -0.4 is 5.73 Å². The van der Waals surface area contributed by atoms with Gasteiger partial charge < -0.3 is 5.73 Å². The first-order valence-corrected chi connectivity index (χ1v) is 9.60. The Hall–Kier alpha value is -1.03. The van der Waals surface area contributed by atoms with E-state index in [9.17, 15) is 21.2 Å². The smallest absolute Gasteiger partial charge is 0.246 e. The molecule has 1 aliphatic rings. The summed E-state index contributed by atoms with van der Waals surface area (Å²) >= 11 is 0. The zero-order valence-electron chi connectivity index (χ0n) is 11.5. The van der Waals surface area contributed by atoms with Crippen LogP contribution in [0.3, 0.4) is 0 Å². The molecule has 2 N–H and O–H groups in total. The predicted molar refractivity (Wildman–Crippen MR) is 76.3 cm³/mol. The molecule has 1 fully saturated rings. The van der Waals surface area contributed by atoms with E-state index in [0.29, 0.717) is 5.56 Å². The molecule has 1 aromatic rings. The molecule has 0 saturated carbocycles. The van der Waals surface area contributed by atoms with Gasteiger partial charge in [-0.3, -0.25) is 0 Å². The molecule has 1 aromatic carbocycles. The van der Waals surface area contributed by atoms with Crippen LogP contribution in [0.2, 0.25) is 0 Å². The highest BCUT2D eigenvalue weighted by Crippen LogP contribution is 2.25. The Morgan fingerprint density at radius 3 is 2.62 bits per heavy atom. The van der Waals surface area contributed by atoms with Gasteiger partial charge in [0.25, 0.3) is 0 Å². The fourth-order valence-electron chi connectivity index (χ4n) is 2.29. The highest BCUT2D eigenvalue weighted by molar-refractivity contribution is 7.92. The number of hydrogen-bond acceptors (Lipinski definition) is 5. The molecule has 2 rings (SSSR count). The van der Waals surface area contributed by atoms with Gasteiger partial charge in [-0.2, -0.15) is 4.31 Å². The maximum atomic E-state index is 13.8. The molecule has 1 aliphatic heterocycles. The van der Waals surface area contributed by atoms with Crippen molar-refractivity contribution in [2.45, 2.75) is 23.9 Å². The monoisotopic (exact) mass is 336 g/mol. The summed E-state index contributed by atoms with van der Waals surface area (Å²) < 4.78 is 62.6. The number of benzene rings is 1. The summed E-state index contributed by atoms with van der Waals surface area (Å²) in [6.07, 6.45) is 0.219. The van der Waals surface area contributed by atoms with E-state index in [-0.39, 0.29) is 24.5 Å². The van der Waals surface area contributed by atoms with Crippen LogP contribution in [0.1, 0.15) is 12.0 Å². The molecule has 1 unspecified atom stereocenters. The highest BCUT2D eigenvalue weighted by atomic mass is 32.2. The number of sulfonamides is 1. The molecule has 0 aromatic heterocycles. The van der Waals surface area contributed by atoms with Crippen molar-refractivity contribution in [2.75, 3.05) is 18.6 Å². The van der Waals surface area contributed by atoms with Gasteiger partial charge in [-0.1, -0.05) is 6.07 Å². The van der Waals surface area contributed by atoms with Crippen molar-refractivity contribution >= 4 is 19.9 Å². The molecule has 0 amide bonds. The maximum absolute atomic E-state index is 13.8. The van der Waals surface area contributed by atoms with Crippen LogP contribution in [0, 0.1) is 5.82 Å². The van der Waals surface area contributed by atoms with Gasteiger partial charge in [-0.05, 0) is 24.1 Å². The van der Waals surface area contributed by atoms with Gasteiger partial charge in [-0.25, -0.2) is 21.2 Å². The molecule has 1 saturated heterocycles. The Morgan fingerprint density at radius 1 is 1.43 bits per heavy atom. The lowest BCUT2D eigenvalue weighted by atomic mass is 10.2. The Balaban J connectivity index is 2.38. The minimum Gasteiger partial charge on any atom is -0.326 e. The Labute approximate surface area is 123 Å². The summed E-state index contributed by atoms with van der Waals surface area (Å²) in [6.45, 7) is 0.0876. The van der Waals surface area contributed by atoms with Crippen LogP contribution in [-0.2, 0) is 26.4 Å². The lowest BCUT2D eigenvalue weighted by molar-refractivity contribution is 0.391. The van der Waals surface area contributed by atoms with Crippen LogP contribution in [0.25, 0.3) is 0 Å². The number of halogens is 1. The number of hydrogen-bond donors (Lipinski definition) is 1. The molecule has 1 atom stereocenters. The SMILES string of the molecule is CN(C1CCS(=O)(=O)C1)S(=O)(=O)c1cc(CN)ccc1F. The maximum Gasteiger partial charge on any atom is 0.246 e. The van der Waals surface area contributed by atoms with E-state index in [1.54, 1.807) is 0 Å². The van der Waals surface area contributed by atoms with Gasteiger partial charge in [0.2, 0.25) is 10.0 Å². The van der Waals surface area contributed by atoms with E-state index in [1.165, 1.54) is 19.2 Å². The van der Waals surface area contributed by atoms with E-state index in [0.717, 1.165) is 10.4 Å². The second kappa shape index (κ2) is 5.64.